The third kappa shape index (κ3) is 2.53. The number of hydrogen-bond acceptors (Lipinski definition) is 4. The van der Waals surface area contributed by atoms with E-state index in [-0.39, 0.29) is 16.6 Å². The lowest BCUT2D eigenvalue weighted by Gasteiger charge is -2.22. The van der Waals surface area contributed by atoms with Crippen LogP contribution in [0.1, 0.15) is 24.8 Å². The Kier molecular flexibility index (Phi) is 3.89. The zero-order valence-corrected chi connectivity index (χ0v) is 14.9. The molecular formula is C17H18FN3O4S. The molecule has 0 amide bonds. The molecule has 0 radical (unpaired) electrons. The number of hydrogen-bond donors (Lipinski definition) is 1. The van der Waals surface area contributed by atoms with E-state index in [9.17, 15) is 22.7 Å². The Morgan fingerprint density at radius 2 is 2.12 bits per heavy atom. The molecule has 3 unspecified atom stereocenters. The molecule has 2 aliphatic heterocycles. The summed E-state index contributed by atoms with van der Waals surface area (Å²) in [4.78, 5) is 11.2. The molecule has 0 aliphatic carbocycles. The Morgan fingerprint density at radius 3 is 2.69 bits per heavy atom. The van der Waals surface area contributed by atoms with Crippen molar-refractivity contribution in [2.24, 2.45) is 5.92 Å². The fourth-order valence-electron chi connectivity index (χ4n) is 4.08. The number of rotatable bonds is 4. The van der Waals surface area contributed by atoms with Crippen LogP contribution in [0.5, 0.6) is 0 Å². The van der Waals surface area contributed by atoms with E-state index < -0.39 is 33.8 Å². The maximum atomic E-state index is 14.5. The minimum Gasteiger partial charge on any atom is -0.481 e. The molecule has 1 aromatic heterocycles. The molecule has 0 saturated carbocycles. The predicted octanol–water partition coefficient (Wildman–Crippen LogP) is 1.95. The van der Waals surface area contributed by atoms with E-state index in [0.29, 0.717) is 19.3 Å². The highest BCUT2D eigenvalue weighted by Gasteiger charge is 2.54. The van der Waals surface area contributed by atoms with Gasteiger partial charge < -0.3 is 5.11 Å². The van der Waals surface area contributed by atoms with Crippen molar-refractivity contribution in [3.8, 4) is 5.69 Å². The zero-order chi connectivity index (χ0) is 18.6. The summed E-state index contributed by atoms with van der Waals surface area (Å²) in [6.07, 6.45) is 4.70. The minimum atomic E-state index is -3.96. The third-order valence-electron chi connectivity index (χ3n) is 5.24. The molecule has 3 heterocycles. The number of benzene rings is 1. The Balaban J connectivity index is 1.69. The van der Waals surface area contributed by atoms with Crippen molar-refractivity contribution >= 4 is 16.0 Å². The van der Waals surface area contributed by atoms with E-state index >= 15 is 0 Å². The van der Waals surface area contributed by atoms with Gasteiger partial charge in [0.1, 0.15) is 11.5 Å². The lowest BCUT2D eigenvalue weighted by atomic mass is 9.89. The van der Waals surface area contributed by atoms with Crippen LogP contribution in [-0.4, -0.2) is 45.7 Å². The average Bonchev–Trinajstić information content (AvgIpc) is 3.28. The molecule has 138 valence electrons. The van der Waals surface area contributed by atoms with Crippen LogP contribution < -0.4 is 0 Å². The normalized spacial score (nSPS) is 25.7. The number of carboxylic acid groups (broad SMARTS) is 1. The molecule has 0 spiro atoms. The van der Waals surface area contributed by atoms with Crippen LogP contribution in [0.15, 0.2) is 35.5 Å². The Labute approximate surface area is 150 Å². The first-order valence-electron chi connectivity index (χ1n) is 8.36. The van der Waals surface area contributed by atoms with Crippen LogP contribution in [0.2, 0.25) is 0 Å². The second-order valence-electron chi connectivity index (χ2n) is 6.89. The van der Waals surface area contributed by atoms with E-state index in [1.54, 1.807) is 12.4 Å². The molecule has 1 N–H and O–H groups in total. The van der Waals surface area contributed by atoms with Crippen LogP contribution in [0.25, 0.3) is 5.69 Å². The van der Waals surface area contributed by atoms with Crippen molar-refractivity contribution in [3.63, 3.8) is 0 Å². The van der Waals surface area contributed by atoms with E-state index in [0.717, 1.165) is 11.6 Å². The molecule has 26 heavy (non-hydrogen) atoms. The topological polar surface area (TPSA) is 92.5 Å². The van der Waals surface area contributed by atoms with Crippen LogP contribution >= 0.6 is 0 Å². The monoisotopic (exact) mass is 379 g/mol. The molecule has 9 heteroatoms. The quantitative estimate of drug-likeness (QED) is 0.877. The summed E-state index contributed by atoms with van der Waals surface area (Å²) in [6, 6.07) is 2.82. The number of aliphatic carboxylic acids is 1. The van der Waals surface area contributed by atoms with Crippen LogP contribution in [-0.2, 0) is 14.8 Å². The van der Waals surface area contributed by atoms with Gasteiger partial charge in [-0.3, -0.25) is 4.79 Å². The first kappa shape index (κ1) is 17.2. The van der Waals surface area contributed by atoms with Crippen molar-refractivity contribution in [2.45, 2.75) is 43.2 Å². The molecule has 2 bridgehead atoms. The highest BCUT2D eigenvalue weighted by Crippen LogP contribution is 2.45. The number of aromatic nitrogens is 2. The van der Waals surface area contributed by atoms with Gasteiger partial charge in [-0.2, -0.15) is 9.40 Å². The molecule has 2 fully saturated rings. The minimum absolute atomic E-state index is 0.157. The average molecular weight is 379 g/mol. The summed E-state index contributed by atoms with van der Waals surface area (Å²) >= 11 is 0. The summed E-state index contributed by atoms with van der Waals surface area (Å²) in [5.74, 6) is -2.37. The fourth-order valence-corrected chi connectivity index (χ4v) is 6.01. The van der Waals surface area contributed by atoms with Gasteiger partial charge in [0.05, 0.1) is 17.0 Å². The number of fused-ring (bicyclic) bond motifs is 2. The Bertz CT molecular complexity index is 988. The molecule has 2 saturated heterocycles. The van der Waals surface area contributed by atoms with Crippen LogP contribution in [0.3, 0.4) is 0 Å². The Morgan fingerprint density at radius 1 is 1.35 bits per heavy atom. The van der Waals surface area contributed by atoms with Gasteiger partial charge in [-0.25, -0.2) is 17.5 Å². The number of halogens is 1. The van der Waals surface area contributed by atoms with Crippen molar-refractivity contribution in [3.05, 3.63) is 42.0 Å². The standard InChI is InChI=1S/C17H18FN3O4S/c1-10-8-19-20(9-10)16-5-3-12(7-14(16)18)26(24,25)21-11-2-4-15(21)13(6-11)17(22)23/h3,5,7-9,11,13,15H,2,4,6H2,1H3,(H,22,23). The zero-order valence-electron chi connectivity index (χ0n) is 14.0. The summed E-state index contributed by atoms with van der Waals surface area (Å²) in [5.41, 5.74) is 1.01. The largest absolute Gasteiger partial charge is 0.481 e. The van der Waals surface area contributed by atoms with Gasteiger partial charge in [0, 0.05) is 18.3 Å². The fraction of sp³-hybridized carbons (Fsp3) is 0.412. The summed E-state index contributed by atoms with van der Waals surface area (Å²) in [6.45, 7) is 1.82. The highest BCUT2D eigenvalue weighted by atomic mass is 32.2. The molecule has 3 atom stereocenters. The molecular weight excluding hydrogens is 361 g/mol. The first-order chi connectivity index (χ1) is 12.3. The summed E-state index contributed by atoms with van der Waals surface area (Å²) in [5, 5.41) is 13.3. The van der Waals surface area contributed by atoms with Crippen molar-refractivity contribution in [1.29, 1.82) is 0 Å². The van der Waals surface area contributed by atoms with E-state index in [1.165, 1.54) is 21.1 Å². The smallest absolute Gasteiger partial charge is 0.308 e. The van der Waals surface area contributed by atoms with Gasteiger partial charge in [0.25, 0.3) is 0 Å². The Hall–Kier alpha value is -2.26. The van der Waals surface area contributed by atoms with Gasteiger partial charge in [0.15, 0.2) is 0 Å². The van der Waals surface area contributed by atoms with Gasteiger partial charge in [-0.1, -0.05) is 0 Å². The number of carboxylic acids is 1. The van der Waals surface area contributed by atoms with Gasteiger partial charge in [-0.05, 0) is 49.9 Å². The molecule has 1 aromatic carbocycles. The number of carbonyl (C=O) groups is 1. The van der Waals surface area contributed by atoms with Crippen LogP contribution in [0, 0.1) is 18.7 Å². The second kappa shape index (κ2) is 5.88. The third-order valence-corrected chi connectivity index (χ3v) is 7.22. The van der Waals surface area contributed by atoms with Crippen molar-refractivity contribution in [1.82, 2.24) is 14.1 Å². The lowest BCUT2D eigenvalue weighted by Crippen LogP contribution is -2.37. The number of nitrogens with zero attached hydrogens (tertiary/aromatic N) is 3. The van der Waals surface area contributed by atoms with E-state index in [1.807, 2.05) is 6.92 Å². The summed E-state index contributed by atoms with van der Waals surface area (Å²) in [7, 11) is -3.96. The lowest BCUT2D eigenvalue weighted by molar-refractivity contribution is -0.142. The van der Waals surface area contributed by atoms with Crippen LogP contribution in [0.4, 0.5) is 4.39 Å². The maximum absolute atomic E-state index is 14.5. The van der Waals surface area contributed by atoms with E-state index in [2.05, 4.69) is 5.10 Å². The maximum Gasteiger partial charge on any atom is 0.308 e. The van der Waals surface area contributed by atoms with Gasteiger partial charge >= 0.3 is 5.97 Å². The predicted molar refractivity (Wildman–Crippen MR) is 89.8 cm³/mol. The number of aryl methyl sites for hydroxylation is 1. The van der Waals surface area contributed by atoms with Crippen molar-refractivity contribution < 1.29 is 22.7 Å². The number of sulfonamides is 1. The SMILES string of the molecule is Cc1cnn(-c2ccc(S(=O)(=O)N3C4CCC3C(C(=O)O)C4)cc2F)c1. The van der Waals surface area contributed by atoms with Gasteiger partial charge in [0.2, 0.25) is 10.0 Å². The molecule has 4 rings (SSSR count). The highest BCUT2D eigenvalue weighted by molar-refractivity contribution is 7.89. The second-order valence-corrected chi connectivity index (χ2v) is 8.73. The van der Waals surface area contributed by atoms with Gasteiger partial charge in [-0.15, -0.1) is 0 Å². The molecule has 7 nitrogen and oxygen atoms in total. The first-order valence-corrected chi connectivity index (χ1v) is 9.80. The molecule has 2 aliphatic rings. The summed E-state index contributed by atoms with van der Waals surface area (Å²) < 4.78 is 43.2. The molecule has 2 aromatic rings. The van der Waals surface area contributed by atoms with Crippen molar-refractivity contribution in [2.75, 3.05) is 0 Å². The van der Waals surface area contributed by atoms with E-state index in [4.69, 9.17) is 0 Å².